The van der Waals surface area contributed by atoms with Crippen LogP contribution in [0.2, 0.25) is 0 Å². The molecule has 1 nitrogen and oxygen atoms in total. The molecule has 1 aromatic carbocycles. The first-order valence-corrected chi connectivity index (χ1v) is 6.37. The van der Waals surface area contributed by atoms with Crippen LogP contribution in [0.3, 0.4) is 0 Å². The summed E-state index contributed by atoms with van der Waals surface area (Å²) in [4.78, 5) is 0. The smallest absolute Gasteiger partial charge is 0.126 e. The standard InChI is InChI=1S/C14H19F2N/c15-12-7-11(8-13(16)9-12)14(17)6-10-4-2-1-3-5-10/h7-10,14H,1-6,17H2. The first-order valence-electron chi connectivity index (χ1n) is 6.37. The lowest BCUT2D eigenvalue weighted by atomic mass is 9.83. The van der Waals surface area contributed by atoms with E-state index < -0.39 is 11.6 Å². The molecule has 0 amide bonds. The average molecular weight is 239 g/mol. The van der Waals surface area contributed by atoms with Gasteiger partial charge in [-0.2, -0.15) is 0 Å². The van der Waals surface area contributed by atoms with Gasteiger partial charge in [0, 0.05) is 12.1 Å². The van der Waals surface area contributed by atoms with Crippen molar-refractivity contribution in [2.75, 3.05) is 0 Å². The van der Waals surface area contributed by atoms with Crippen molar-refractivity contribution in [2.45, 2.75) is 44.6 Å². The Labute approximate surface area is 101 Å². The van der Waals surface area contributed by atoms with E-state index in [4.69, 9.17) is 5.73 Å². The third-order valence-electron chi connectivity index (χ3n) is 3.63. The van der Waals surface area contributed by atoms with Gasteiger partial charge in [0.25, 0.3) is 0 Å². The predicted octanol–water partition coefficient (Wildman–Crippen LogP) is 3.94. The molecular formula is C14H19F2N. The number of hydrogen-bond donors (Lipinski definition) is 1. The molecule has 1 saturated carbocycles. The number of benzene rings is 1. The molecular weight excluding hydrogens is 220 g/mol. The monoisotopic (exact) mass is 239 g/mol. The molecule has 0 heterocycles. The minimum Gasteiger partial charge on any atom is -0.324 e. The molecule has 17 heavy (non-hydrogen) atoms. The van der Waals surface area contributed by atoms with E-state index in [1.54, 1.807) is 0 Å². The van der Waals surface area contributed by atoms with Crippen molar-refractivity contribution in [3.63, 3.8) is 0 Å². The zero-order valence-electron chi connectivity index (χ0n) is 9.96. The molecule has 0 aromatic heterocycles. The van der Waals surface area contributed by atoms with Crippen LogP contribution in [0.5, 0.6) is 0 Å². The highest BCUT2D eigenvalue weighted by Gasteiger charge is 2.18. The summed E-state index contributed by atoms with van der Waals surface area (Å²) in [5.41, 5.74) is 6.61. The summed E-state index contributed by atoms with van der Waals surface area (Å²) < 4.78 is 26.1. The second kappa shape index (κ2) is 5.58. The molecule has 3 heteroatoms. The molecule has 2 rings (SSSR count). The Morgan fingerprint density at radius 3 is 2.24 bits per heavy atom. The van der Waals surface area contributed by atoms with E-state index in [-0.39, 0.29) is 6.04 Å². The van der Waals surface area contributed by atoms with Gasteiger partial charge >= 0.3 is 0 Å². The minimum absolute atomic E-state index is 0.247. The molecule has 0 aliphatic heterocycles. The van der Waals surface area contributed by atoms with E-state index >= 15 is 0 Å². The Bertz CT molecular complexity index is 352. The second-order valence-electron chi connectivity index (χ2n) is 5.05. The fourth-order valence-electron chi connectivity index (χ4n) is 2.71. The van der Waals surface area contributed by atoms with E-state index in [0.717, 1.165) is 12.5 Å². The summed E-state index contributed by atoms with van der Waals surface area (Å²) in [6, 6.07) is 3.33. The van der Waals surface area contributed by atoms with Gasteiger partial charge < -0.3 is 5.73 Å². The molecule has 1 aliphatic carbocycles. The Morgan fingerprint density at radius 2 is 1.65 bits per heavy atom. The van der Waals surface area contributed by atoms with Crippen molar-refractivity contribution in [2.24, 2.45) is 11.7 Å². The van der Waals surface area contributed by atoms with E-state index in [1.165, 1.54) is 44.2 Å². The number of rotatable bonds is 3. The molecule has 0 radical (unpaired) electrons. The lowest BCUT2D eigenvalue weighted by molar-refractivity contribution is 0.318. The molecule has 1 unspecified atom stereocenters. The summed E-state index contributed by atoms with van der Waals surface area (Å²) in [5, 5.41) is 0. The van der Waals surface area contributed by atoms with Crippen LogP contribution in [0.1, 0.15) is 50.1 Å². The van der Waals surface area contributed by atoms with E-state index in [2.05, 4.69) is 0 Å². The average Bonchev–Trinajstić information content (AvgIpc) is 2.29. The summed E-state index contributed by atoms with van der Waals surface area (Å²) in [7, 11) is 0. The van der Waals surface area contributed by atoms with Gasteiger partial charge in [-0.25, -0.2) is 8.78 Å². The highest BCUT2D eigenvalue weighted by atomic mass is 19.1. The minimum atomic E-state index is -0.543. The maximum absolute atomic E-state index is 13.1. The van der Waals surface area contributed by atoms with Gasteiger partial charge in [-0.15, -0.1) is 0 Å². The van der Waals surface area contributed by atoms with Gasteiger partial charge in [0.05, 0.1) is 0 Å². The Balaban J connectivity index is 2.00. The van der Waals surface area contributed by atoms with E-state index in [1.807, 2.05) is 0 Å². The number of hydrogen-bond acceptors (Lipinski definition) is 1. The first-order chi connectivity index (χ1) is 8.15. The Kier molecular flexibility index (Phi) is 4.11. The van der Waals surface area contributed by atoms with Crippen LogP contribution < -0.4 is 5.73 Å². The van der Waals surface area contributed by atoms with Crippen LogP contribution in [0, 0.1) is 17.6 Å². The van der Waals surface area contributed by atoms with Crippen LogP contribution in [0.15, 0.2) is 18.2 Å². The first kappa shape index (κ1) is 12.5. The molecule has 0 bridgehead atoms. The molecule has 1 aliphatic rings. The van der Waals surface area contributed by atoms with Crippen molar-refractivity contribution in [3.05, 3.63) is 35.4 Å². The van der Waals surface area contributed by atoms with Gasteiger partial charge in [-0.05, 0) is 30.0 Å². The van der Waals surface area contributed by atoms with Gasteiger partial charge in [0.2, 0.25) is 0 Å². The Hall–Kier alpha value is -0.960. The molecule has 1 fully saturated rings. The fraction of sp³-hybridized carbons (Fsp3) is 0.571. The largest absolute Gasteiger partial charge is 0.324 e. The molecule has 1 atom stereocenters. The summed E-state index contributed by atoms with van der Waals surface area (Å²) in [5.74, 6) is -0.469. The van der Waals surface area contributed by atoms with Crippen molar-refractivity contribution in [3.8, 4) is 0 Å². The highest BCUT2D eigenvalue weighted by Crippen LogP contribution is 2.31. The van der Waals surface area contributed by atoms with Crippen molar-refractivity contribution in [1.29, 1.82) is 0 Å². The van der Waals surface area contributed by atoms with Crippen molar-refractivity contribution < 1.29 is 8.78 Å². The SMILES string of the molecule is NC(CC1CCCCC1)c1cc(F)cc(F)c1. The maximum atomic E-state index is 13.1. The maximum Gasteiger partial charge on any atom is 0.126 e. The summed E-state index contributed by atoms with van der Waals surface area (Å²) in [6.07, 6.45) is 7.06. The van der Waals surface area contributed by atoms with E-state index in [0.29, 0.717) is 11.5 Å². The third-order valence-corrected chi connectivity index (χ3v) is 3.63. The summed E-state index contributed by atoms with van der Waals surface area (Å²) >= 11 is 0. The van der Waals surface area contributed by atoms with Gasteiger partial charge in [-0.3, -0.25) is 0 Å². The third kappa shape index (κ3) is 3.50. The Morgan fingerprint density at radius 1 is 1.06 bits per heavy atom. The zero-order chi connectivity index (χ0) is 12.3. The normalized spacial score (nSPS) is 19.2. The van der Waals surface area contributed by atoms with Crippen LogP contribution >= 0.6 is 0 Å². The van der Waals surface area contributed by atoms with Crippen molar-refractivity contribution >= 4 is 0 Å². The van der Waals surface area contributed by atoms with Crippen LogP contribution in [0.4, 0.5) is 8.78 Å². The van der Waals surface area contributed by atoms with Gasteiger partial charge in [-0.1, -0.05) is 32.1 Å². The lowest BCUT2D eigenvalue weighted by Crippen LogP contribution is -2.17. The summed E-state index contributed by atoms with van der Waals surface area (Å²) in [6.45, 7) is 0. The molecule has 0 spiro atoms. The van der Waals surface area contributed by atoms with Gasteiger partial charge in [0.15, 0.2) is 0 Å². The zero-order valence-corrected chi connectivity index (χ0v) is 9.96. The quantitative estimate of drug-likeness (QED) is 0.849. The molecule has 0 saturated heterocycles. The second-order valence-corrected chi connectivity index (χ2v) is 5.05. The topological polar surface area (TPSA) is 26.0 Å². The van der Waals surface area contributed by atoms with Crippen LogP contribution in [-0.4, -0.2) is 0 Å². The van der Waals surface area contributed by atoms with Gasteiger partial charge in [0.1, 0.15) is 11.6 Å². The molecule has 1 aromatic rings. The lowest BCUT2D eigenvalue weighted by Gasteiger charge is -2.24. The highest BCUT2D eigenvalue weighted by molar-refractivity contribution is 5.21. The predicted molar refractivity (Wildman–Crippen MR) is 64.5 cm³/mol. The molecule has 2 N–H and O–H groups in total. The number of halogens is 2. The van der Waals surface area contributed by atoms with Crippen LogP contribution in [-0.2, 0) is 0 Å². The van der Waals surface area contributed by atoms with Crippen LogP contribution in [0.25, 0.3) is 0 Å². The fourth-order valence-corrected chi connectivity index (χ4v) is 2.71. The van der Waals surface area contributed by atoms with E-state index in [9.17, 15) is 8.78 Å². The van der Waals surface area contributed by atoms with Crippen molar-refractivity contribution in [1.82, 2.24) is 0 Å². The molecule has 94 valence electrons. The number of nitrogens with two attached hydrogens (primary N) is 1.